The molecule has 6 heteroatoms. The van der Waals surface area contributed by atoms with Gasteiger partial charge in [0.1, 0.15) is 6.26 Å². The molecule has 2 aromatic rings. The van der Waals surface area contributed by atoms with Crippen molar-refractivity contribution in [2.24, 2.45) is 0 Å². The second-order valence-corrected chi connectivity index (χ2v) is 5.63. The number of furan rings is 1. The van der Waals surface area contributed by atoms with Crippen molar-refractivity contribution in [3.05, 3.63) is 48.4 Å². The number of anilines is 2. The first kappa shape index (κ1) is 15.1. The van der Waals surface area contributed by atoms with E-state index < -0.39 is 0 Å². The van der Waals surface area contributed by atoms with Crippen LogP contribution in [0.25, 0.3) is 0 Å². The molecule has 1 aromatic carbocycles. The van der Waals surface area contributed by atoms with Gasteiger partial charge in [0.25, 0.3) is 5.91 Å². The minimum absolute atomic E-state index is 0.213. The Morgan fingerprint density at radius 1 is 1.04 bits per heavy atom. The Hall–Kier alpha value is -2.76. The smallest absolute Gasteiger partial charge is 0.319 e. The van der Waals surface area contributed by atoms with Crippen LogP contribution in [0.4, 0.5) is 16.2 Å². The number of amides is 3. The topological polar surface area (TPSA) is 83.4 Å². The van der Waals surface area contributed by atoms with Crippen molar-refractivity contribution in [1.82, 2.24) is 5.32 Å². The molecule has 0 spiro atoms. The zero-order chi connectivity index (χ0) is 16.1. The Labute approximate surface area is 134 Å². The summed E-state index contributed by atoms with van der Waals surface area (Å²) < 4.78 is 4.89. The molecule has 120 valence electrons. The van der Waals surface area contributed by atoms with Crippen molar-refractivity contribution < 1.29 is 14.0 Å². The number of rotatable bonds is 4. The molecule has 3 N–H and O–H groups in total. The lowest BCUT2D eigenvalue weighted by atomic mass is 10.2. The van der Waals surface area contributed by atoms with Gasteiger partial charge in [-0.3, -0.25) is 4.79 Å². The van der Waals surface area contributed by atoms with E-state index in [-0.39, 0.29) is 18.0 Å². The normalized spacial score (nSPS) is 14.4. The predicted molar refractivity (Wildman–Crippen MR) is 87.5 cm³/mol. The standard InChI is InChI=1S/C17H19N3O3/c21-16(12-8-9-23-11-12)18-14-6-3-7-15(10-14)20-17(22)19-13-4-1-2-5-13/h3,6-11,13H,1-2,4-5H2,(H,18,21)(H2,19,20,22). The maximum Gasteiger partial charge on any atom is 0.319 e. The zero-order valence-electron chi connectivity index (χ0n) is 12.7. The minimum Gasteiger partial charge on any atom is -0.472 e. The Balaban J connectivity index is 1.58. The van der Waals surface area contributed by atoms with E-state index in [9.17, 15) is 9.59 Å². The van der Waals surface area contributed by atoms with E-state index in [2.05, 4.69) is 16.0 Å². The van der Waals surface area contributed by atoms with Crippen LogP contribution in [0.15, 0.2) is 47.3 Å². The third-order valence-electron chi connectivity index (χ3n) is 3.85. The molecule has 0 unspecified atom stereocenters. The summed E-state index contributed by atoms with van der Waals surface area (Å²) >= 11 is 0. The molecule has 3 amide bonds. The molecular formula is C17H19N3O3. The van der Waals surface area contributed by atoms with Crippen LogP contribution in [-0.4, -0.2) is 18.0 Å². The summed E-state index contributed by atoms with van der Waals surface area (Å²) in [6, 6.07) is 8.67. The van der Waals surface area contributed by atoms with Gasteiger partial charge < -0.3 is 20.4 Å². The molecule has 1 aliphatic carbocycles. The lowest BCUT2D eigenvalue weighted by Gasteiger charge is -2.13. The molecule has 1 saturated carbocycles. The van der Waals surface area contributed by atoms with Crippen molar-refractivity contribution in [3.63, 3.8) is 0 Å². The summed E-state index contributed by atoms with van der Waals surface area (Å²) in [6.45, 7) is 0. The SMILES string of the molecule is O=C(Nc1cccc(NC(=O)c2ccoc2)c1)NC1CCCC1. The van der Waals surface area contributed by atoms with Gasteiger partial charge in [0.15, 0.2) is 0 Å². The summed E-state index contributed by atoms with van der Waals surface area (Å²) in [5.74, 6) is -0.258. The fourth-order valence-corrected chi connectivity index (χ4v) is 2.69. The predicted octanol–water partition coefficient (Wildman–Crippen LogP) is 3.60. The van der Waals surface area contributed by atoms with Gasteiger partial charge in [-0.15, -0.1) is 0 Å². The monoisotopic (exact) mass is 313 g/mol. The van der Waals surface area contributed by atoms with Crippen LogP contribution in [0.2, 0.25) is 0 Å². The van der Waals surface area contributed by atoms with Gasteiger partial charge in [0.2, 0.25) is 0 Å². The lowest BCUT2D eigenvalue weighted by Crippen LogP contribution is -2.36. The van der Waals surface area contributed by atoms with Crippen molar-refractivity contribution in [2.75, 3.05) is 10.6 Å². The van der Waals surface area contributed by atoms with Crippen molar-refractivity contribution in [2.45, 2.75) is 31.7 Å². The van der Waals surface area contributed by atoms with Gasteiger partial charge in [0.05, 0.1) is 11.8 Å². The summed E-state index contributed by atoms with van der Waals surface area (Å²) in [7, 11) is 0. The van der Waals surface area contributed by atoms with Crippen LogP contribution < -0.4 is 16.0 Å². The third-order valence-corrected chi connectivity index (χ3v) is 3.85. The van der Waals surface area contributed by atoms with E-state index in [1.807, 2.05) is 0 Å². The summed E-state index contributed by atoms with van der Waals surface area (Å²) in [5.41, 5.74) is 1.68. The van der Waals surface area contributed by atoms with E-state index in [0.717, 1.165) is 12.8 Å². The van der Waals surface area contributed by atoms with Crippen LogP contribution in [0.1, 0.15) is 36.0 Å². The molecule has 0 aliphatic heterocycles. The number of hydrogen-bond acceptors (Lipinski definition) is 3. The Morgan fingerprint density at radius 3 is 2.48 bits per heavy atom. The molecule has 0 saturated heterocycles. The van der Waals surface area contributed by atoms with E-state index >= 15 is 0 Å². The second kappa shape index (κ2) is 7.00. The number of hydrogen-bond donors (Lipinski definition) is 3. The first-order valence-electron chi connectivity index (χ1n) is 7.72. The van der Waals surface area contributed by atoms with E-state index in [0.29, 0.717) is 16.9 Å². The molecule has 1 heterocycles. The number of nitrogens with one attached hydrogen (secondary N) is 3. The molecule has 1 fully saturated rings. The fraction of sp³-hybridized carbons (Fsp3) is 0.294. The maximum absolute atomic E-state index is 12.0. The van der Waals surface area contributed by atoms with Gasteiger partial charge in [-0.2, -0.15) is 0 Å². The largest absolute Gasteiger partial charge is 0.472 e. The average molecular weight is 313 g/mol. The Bertz CT molecular complexity index is 676. The average Bonchev–Trinajstić information content (AvgIpc) is 3.20. The van der Waals surface area contributed by atoms with Crippen LogP contribution in [0, 0.1) is 0 Å². The molecule has 0 bridgehead atoms. The summed E-state index contributed by atoms with van der Waals surface area (Å²) in [5, 5.41) is 8.52. The van der Waals surface area contributed by atoms with Gasteiger partial charge in [-0.05, 0) is 37.1 Å². The van der Waals surface area contributed by atoms with Crippen molar-refractivity contribution >= 4 is 23.3 Å². The molecule has 3 rings (SSSR count). The van der Waals surface area contributed by atoms with Crippen LogP contribution in [-0.2, 0) is 0 Å². The first-order valence-corrected chi connectivity index (χ1v) is 7.72. The Kier molecular flexibility index (Phi) is 4.61. The fourth-order valence-electron chi connectivity index (χ4n) is 2.69. The van der Waals surface area contributed by atoms with Crippen LogP contribution in [0.5, 0.6) is 0 Å². The lowest BCUT2D eigenvalue weighted by molar-refractivity contribution is 0.102. The molecular weight excluding hydrogens is 294 g/mol. The molecule has 0 radical (unpaired) electrons. The zero-order valence-corrected chi connectivity index (χ0v) is 12.7. The van der Waals surface area contributed by atoms with Gasteiger partial charge >= 0.3 is 6.03 Å². The Morgan fingerprint density at radius 2 is 1.78 bits per heavy atom. The molecule has 1 aliphatic rings. The maximum atomic E-state index is 12.0. The molecule has 6 nitrogen and oxygen atoms in total. The highest BCUT2D eigenvalue weighted by Gasteiger charge is 2.17. The second-order valence-electron chi connectivity index (χ2n) is 5.63. The van der Waals surface area contributed by atoms with Gasteiger partial charge in [-0.1, -0.05) is 18.9 Å². The van der Waals surface area contributed by atoms with Crippen LogP contribution in [0.3, 0.4) is 0 Å². The van der Waals surface area contributed by atoms with Crippen LogP contribution >= 0.6 is 0 Å². The number of carbonyl (C=O) groups excluding carboxylic acids is 2. The molecule has 23 heavy (non-hydrogen) atoms. The highest BCUT2D eigenvalue weighted by molar-refractivity contribution is 6.04. The summed E-state index contributed by atoms with van der Waals surface area (Å²) in [6.07, 6.45) is 7.23. The van der Waals surface area contributed by atoms with Gasteiger partial charge in [-0.25, -0.2) is 4.79 Å². The first-order chi connectivity index (χ1) is 11.2. The molecule has 0 atom stereocenters. The quantitative estimate of drug-likeness (QED) is 0.806. The summed E-state index contributed by atoms with van der Waals surface area (Å²) in [4.78, 5) is 23.9. The van der Waals surface area contributed by atoms with Crippen molar-refractivity contribution in [1.29, 1.82) is 0 Å². The van der Waals surface area contributed by atoms with Gasteiger partial charge in [0, 0.05) is 17.4 Å². The van der Waals surface area contributed by atoms with E-state index in [4.69, 9.17) is 4.42 Å². The number of carbonyl (C=O) groups is 2. The number of urea groups is 1. The van der Waals surface area contributed by atoms with Crippen molar-refractivity contribution in [3.8, 4) is 0 Å². The van der Waals surface area contributed by atoms with E-state index in [1.165, 1.54) is 25.4 Å². The van der Waals surface area contributed by atoms with E-state index in [1.54, 1.807) is 30.3 Å². The third kappa shape index (κ3) is 4.12. The highest BCUT2D eigenvalue weighted by Crippen LogP contribution is 2.19. The highest BCUT2D eigenvalue weighted by atomic mass is 16.3. The molecule has 1 aromatic heterocycles. The minimum atomic E-state index is -0.258. The number of benzene rings is 1.